The van der Waals surface area contributed by atoms with Crippen molar-refractivity contribution < 1.29 is 9.13 Å². The molecular weight excluding hydrogens is 329 g/mol. The number of hydrogen-bond donors (Lipinski definition) is 1. The molecule has 24 heavy (non-hydrogen) atoms. The predicted octanol–water partition coefficient (Wildman–Crippen LogP) is 2.31. The molecule has 0 aliphatic carbocycles. The zero-order chi connectivity index (χ0) is 16.4. The summed E-state index contributed by atoms with van der Waals surface area (Å²) in [5, 5.41) is 6.43. The van der Waals surface area contributed by atoms with Crippen LogP contribution in [0.4, 0.5) is 10.3 Å². The van der Waals surface area contributed by atoms with Gasteiger partial charge in [0.2, 0.25) is 5.95 Å². The number of halogens is 1. The molecule has 0 unspecified atom stereocenters. The lowest BCUT2D eigenvalue weighted by molar-refractivity contribution is -0.0533. The maximum atomic E-state index is 12.9. The van der Waals surface area contributed by atoms with Crippen molar-refractivity contribution in [2.75, 3.05) is 25.0 Å². The molecule has 4 rings (SSSR count). The van der Waals surface area contributed by atoms with Crippen LogP contribution in [0.3, 0.4) is 0 Å². The van der Waals surface area contributed by atoms with Crippen molar-refractivity contribution in [3.63, 3.8) is 0 Å². The van der Waals surface area contributed by atoms with Gasteiger partial charge in [0.25, 0.3) is 0 Å². The van der Waals surface area contributed by atoms with Gasteiger partial charge in [0.05, 0.1) is 37.2 Å². The van der Waals surface area contributed by atoms with E-state index in [-0.39, 0.29) is 11.6 Å². The fourth-order valence-electron chi connectivity index (χ4n) is 3.64. The molecule has 1 N–H and O–H groups in total. The summed E-state index contributed by atoms with van der Waals surface area (Å²) in [5.74, 6) is 0.0299. The van der Waals surface area contributed by atoms with Crippen LogP contribution >= 0.6 is 11.3 Å². The smallest absolute Gasteiger partial charge is 0.223 e. The van der Waals surface area contributed by atoms with Gasteiger partial charge in [0.1, 0.15) is 5.01 Å². The van der Waals surface area contributed by atoms with Gasteiger partial charge < -0.3 is 10.1 Å². The first kappa shape index (κ1) is 15.9. The SMILES string of the molecule is Fc1cnc(N[C@@H]2CO[C@]3(CCCN(Cc4nccs4)C3)C2)nc1. The van der Waals surface area contributed by atoms with E-state index in [9.17, 15) is 4.39 Å². The topological polar surface area (TPSA) is 63.2 Å². The molecule has 128 valence electrons. The zero-order valence-electron chi connectivity index (χ0n) is 13.3. The average Bonchev–Trinajstić information content (AvgIpc) is 3.21. The lowest BCUT2D eigenvalue weighted by Crippen LogP contribution is -2.47. The summed E-state index contributed by atoms with van der Waals surface area (Å²) >= 11 is 1.70. The van der Waals surface area contributed by atoms with Gasteiger partial charge in [-0.05, 0) is 19.4 Å². The molecule has 2 fully saturated rings. The van der Waals surface area contributed by atoms with Crippen LogP contribution in [0.2, 0.25) is 0 Å². The van der Waals surface area contributed by atoms with Gasteiger partial charge in [-0.3, -0.25) is 4.90 Å². The van der Waals surface area contributed by atoms with E-state index >= 15 is 0 Å². The Balaban J connectivity index is 1.36. The molecule has 2 aromatic rings. The Hall–Kier alpha value is -1.64. The van der Waals surface area contributed by atoms with E-state index in [0.717, 1.165) is 43.9 Å². The molecule has 0 aromatic carbocycles. The van der Waals surface area contributed by atoms with E-state index in [2.05, 4.69) is 25.2 Å². The molecule has 2 saturated heterocycles. The first-order valence-electron chi connectivity index (χ1n) is 8.20. The molecule has 2 atom stereocenters. The molecule has 0 bridgehead atoms. The van der Waals surface area contributed by atoms with Crippen LogP contribution in [0.5, 0.6) is 0 Å². The van der Waals surface area contributed by atoms with E-state index in [1.54, 1.807) is 11.3 Å². The molecule has 1 spiro atoms. The first-order valence-corrected chi connectivity index (χ1v) is 9.08. The van der Waals surface area contributed by atoms with Crippen molar-refractivity contribution in [2.45, 2.75) is 37.5 Å². The summed E-state index contributed by atoms with van der Waals surface area (Å²) in [5.41, 5.74) is -0.104. The summed E-state index contributed by atoms with van der Waals surface area (Å²) in [6, 6.07) is 0.162. The van der Waals surface area contributed by atoms with E-state index in [1.807, 2.05) is 11.6 Å². The van der Waals surface area contributed by atoms with Crippen LogP contribution in [-0.2, 0) is 11.3 Å². The zero-order valence-corrected chi connectivity index (χ0v) is 14.1. The third-order valence-electron chi connectivity index (χ3n) is 4.62. The Kier molecular flexibility index (Phi) is 4.43. The molecular formula is C16H20FN5OS. The molecule has 0 amide bonds. The Morgan fingerprint density at radius 1 is 1.38 bits per heavy atom. The quantitative estimate of drug-likeness (QED) is 0.914. The number of nitrogens with zero attached hydrogens (tertiary/aromatic N) is 4. The summed E-state index contributed by atoms with van der Waals surface area (Å²) in [6.07, 6.45) is 7.33. The van der Waals surface area contributed by atoms with Crippen molar-refractivity contribution in [1.82, 2.24) is 19.9 Å². The maximum Gasteiger partial charge on any atom is 0.223 e. The minimum absolute atomic E-state index is 0.104. The van der Waals surface area contributed by atoms with Crippen molar-refractivity contribution in [3.05, 3.63) is 34.8 Å². The van der Waals surface area contributed by atoms with Gasteiger partial charge in [-0.1, -0.05) is 0 Å². The average molecular weight is 349 g/mol. The van der Waals surface area contributed by atoms with E-state index in [0.29, 0.717) is 12.6 Å². The van der Waals surface area contributed by atoms with Crippen molar-refractivity contribution in [2.24, 2.45) is 0 Å². The van der Waals surface area contributed by atoms with Gasteiger partial charge in [-0.2, -0.15) is 0 Å². The maximum absolute atomic E-state index is 12.9. The minimum atomic E-state index is -0.426. The number of likely N-dealkylation sites (tertiary alicyclic amines) is 1. The summed E-state index contributed by atoms with van der Waals surface area (Å²) in [6.45, 7) is 3.53. The highest BCUT2D eigenvalue weighted by molar-refractivity contribution is 7.09. The van der Waals surface area contributed by atoms with Crippen LogP contribution < -0.4 is 5.32 Å². The van der Waals surface area contributed by atoms with E-state index in [1.165, 1.54) is 12.4 Å². The Morgan fingerprint density at radius 3 is 3.04 bits per heavy atom. The van der Waals surface area contributed by atoms with Gasteiger partial charge in [-0.25, -0.2) is 19.3 Å². The van der Waals surface area contributed by atoms with E-state index in [4.69, 9.17) is 4.74 Å². The molecule has 0 saturated carbocycles. The number of ether oxygens (including phenoxy) is 1. The monoisotopic (exact) mass is 349 g/mol. The molecule has 6 nitrogen and oxygen atoms in total. The van der Waals surface area contributed by atoms with Crippen LogP contribution in [0.1, 0.15) is 24.3 Å². The van der Waals surface area contributed by atoms with Gasteiger partial charge in [0, 0.05) is 24.5 Å². The molecule has 2 aliphatic rings. The molecule has 8 heteroatoms. The van der Waals surface area contributed by atoms with Crippen molar-refractivity contribution >= 4 is 17.3 Å². The van der Waals surface area contributed by atoms with Crippen molar-refractivity contribution in [1.29, 1.82) is 0 Å². The lowest BCUT2D eigenvalue weighted by Gasteiger charge is -2.39. The Morgan fingerprint density at radius 2 is 2.25 bits per heavy atom. The summed E-state index contributed by atoms with van der Waals surface area (Å²) in [7, 11) is 0. The standard InChI is InChI=1S/C16H20FN5OS/c17-12-7-19-15(20-8-12)21-13-6-16(23-10-13)2-1-4-22(11-16)9-14-18-3-5-24-14/h3,5,7-8,13H,1-2,4,6,9-11H2,(H,19,20,21)/t13-,16+/m0/s1. The second-order valence-corrected chi connectivity index (χ2v) is 7.48. The fourth-order valence-corrected chi connectivity index (χ4v) is 4.30. The minimum Gasteiger partial charge on any atom is -0.371 e. The summed E-state index contributed by atoms with van der Waals surface area (Å²) < 4.78 is 19.1. The number of aromatic nitrogens is 3. The second kappa shape index (κ2) is 6.70. The van der Waals surface area contributed by atoms with Crippen LogP contribution in [-0.4, -0.2) is 51.2 Å². The van der Waals surface area contributed by atoms with Crippen LogP contribution in [0.15, 0.2) is 24.0 Å². The van der Waals surface area contributed by atoms with Gasteiger partial charge in [-0.15, -0.1) is 11.3 Å². The highest BCUT2D eigenvalue weighted by atomic mass is 32.1. The lowest BCUT2D eigenvalue weighted by atomic mass is 9.88. The number of nitrogens with one attached hydrogen (secondary N) is 1. The predicted molar refractivity (Wildman–Crippen MR) is 89.3 cm³/mol. The third kappa shape index (κ3) is 3.55. The Labute approximate surface area is 144 Å². The van der Waals surface area contributed by atoms with Crippen LogP contribution in [0.25, 0.3) is 0 Å². The van der Waals surface area contributed by atoms with Crippen molar-refractivity contribution in [3.8, 4) is 0 Å². The normalized spacial score (nSPS) is 27.6. The molecule has 2 aromatic heterocycles. The number of hydrogen-bond acceptors (Lipinski definition) is 7. The second-order valence-electron chi connectivity index (χ2n) is 6.50. The van der Waals surface area contributed by atoms with E-state index < -0.39 is 5.82 Å². The van der Waals surface area contributed by atoms with Gasteiger partial charge >= 0.3 is 0 Å². The number of thiazole rings is 1. The highest BCUT2D eigenvalue weighted by Gasteiger charge is 2.43. The molecule has 2 aliphatic heterocycles. The van der Waals surface area contributed by atoms with Crippen LogP contribution in [0, 0.1) is 5.82 Å². The number of anilines is 1. The third-order valence-corrected chi connectivity index (χ3v) is 5.39. The largest absolute Gasteiger partial charge is 0.371 e. The number of piperidine rings is 1. The highest BCUT2D eigenvalue weighted by Crippen LogP contribution is 2.36. The molecule has 4 heterocycles. The van der Waals surface area contributed by atoms with Gasteiger partial charge in [0.15, 0.2) is 5.82 Å². The number of rotatable bonds is 4. The molecule has 0 radical (unpaired) electrons. The Bertz CT molecular complexity index is 668. The first-order chi connectivity index (χ1) is 11.7. The fraction of sp³-hybridized carbons (Fsp3) is 0.562. The summed E-state index contributed by atoms with van der Waals surface area (Å²) in [4.78, 5) is 14.7.